The van der Waals surface area contributed by atoms with Gasteiger partial charge in [0.15, 0.2) is 0 Å². The number of anilines is 1. The third kappa shape index (κ3) is 4.81. The molecule has 2 N–H and O–H groups in total. The van der Waals surface area contributed by atoms with Crippen molar-refractivity contribution in [3.05, 3.63) is 106 Å². The molecule has 3 aromatic carbocycles. The molecular weight excluding hydrogens is 456 g/mol. The molecule has 0 aliphatic heterocycles. The van der Waals surface area contributed by atoms with Crippen molar-refractivity contribution < 1.29 is 14.6 Å². The second-order valence-corrected chi connectivity index (χ2v) is 8.02. The summed E-state index contributed by atoms with van der Waals surface area (Å²) in [6.45, 7) is 2.45. The third-order valence-electron chi connectivity index (χ3n) is 4.88. The molecule has 1 heterocycles. The molecule has 0 radical (unpaired) electrons. The summed E-state index contributed by atoms with van der Waals surface area (Å²) in [4.78, 5) is 11.3. The maximum atomic E-state index is 11.3. The Balaban J connectivity index is 1.68. The SMILES string of the molecule is Cc1ccc(-c2cc(Br)ccc2OCc2ccccc2)n1Nc1cccc(C(=O)O)c1. The zero-order valence-electron chi connectivity index (χ0n) is 16.9. The van der Waals surface area contributed by atoms with Gasteiger partial charge in [0.05, 0.1) is 16.9 Å². The summed E-state index contributed by atoms with van der Waals surface area (Å²) in [5.41, 5.74) is 8.12. The number of carbonyl (C=O) groups is 1. The Bertz CT molecular complexity index is 1220. The number of hydrogen-bond donors (Lipinski definition) is 2. The van der Waals surface area contributed by atoms with Gasteiger partial charge in [-0.1, -0.05) is 52.3 Å². The molecule has 0 amide bonds. The number of aromatic nitrogens is 1. The molecule has 0 saturated carbocycles. The van der Waals surface area contributed by atoms with Crippen LogP contribution in [0.4, 0.5) is 5.69 Å². The van der Waals surface area contributed by atoms with Gasteiger partial charge < -0.3 is 9.84 Å². The first-order chi connectivity index (χ1) is 15.0. The van der Waals surface area contributed by atoms with Gasteiger partial charge >= 0.3 is 5.97 Å². The number of carboxylic acids is 1. The average molecular weight is 477 g/mol. The van der Waals surface area contributed by atoms with E-state index in [4.69, 9.17) is 4.74 Å². The van der Waals surface area contributed by atoms with Gasteiger partial charge in [0.2, 0.25) is 0 Å². The predicted molar refractivity (Wildman–Crippen MR) is 126 cm³/mol. The van der Waals surface area contributed by atoms with Crippen LogP contribution in [0.5, 0.6) is 5.75 Å². The monoisotopic (exact) mass is 476 g/mol. The number of ether oxygens (including phenoxy) is 1. The van der Waals surface area contributed by atoms with Crippen LogP contribution >= 0.6 is 15.9 Å². The van der Waals surface area contributed by atoms with Gasteiger partial charge in [0.25, 0.3) is 0 Å². The lowest BCUT2D eigenvalue weighted by molar-refractivity contribution is 0.0697. The van der Waals surface area contributed by atoms with Crippen molar-refractivity contribution in [3.63, 3.8) is 0 Å². The van der Waals surface area contributed by atoms with Gasteiger partial charge in [-0.15, -0.1) is 0 Å². The Morgan fingerprint density at radius 3 is 2.58 bits per heavy atom. The van der Waals surface area contributed by atoms with E-state index in [1.807, 2.05) is 78.3 Å². The Kier molecular flexibility index (Phi) is 6.09. The van der Waals surface area contributed by atoms with E-state index in [2.05, 4.69) is 21.4 Å². The summed E-state index contributed by atoms with van der Waals surface area (Å²) in [5.74, 6) is -0.204. The number of carboxylic acid groups (broad SMARTS) is 1. The maximum Gasteiger partial charge on any atom is 0.335 e. The van der Waals surface area contributed by atoms with Crippen LogP contribution in [0, 0.1) is 6.92 Å². The van der Waals surface area contributed by atoms with Crippen molar-refractivity contribution in [1.82, 2.24) is 4.68 Å². The number of aromatic carboxylic acids is 1. The largest absolute Gasteiger partial charge is 0.488 e. The fourth-order valence-electron chi connectivity index (χ4n) is 3.31. The van der Waals surface area contributed by atoms with Gasteiger partial charge in [0.1, 0.15) is 12.4 Å². The molecule has 0 bridgehead atoms. The van der Waals surface area contributed by atoms with Crippen LogP contribution in [0.1, 0.15) is 21.6 Å². The minimum absolute atomic E-state index is 0.227. The fraction of sp³-hybridized carbons (Fsp3) is 0.0800. The van der Waals surface area contributed by atoms with E-state index >= 15 is 0 Å². The number of aryl methyl sites for hydroxylation is 1. The maximum absolute atomic E-state index is 11.3. The molecule has 156 valence electrons. The Labute approximate surface area is 189 Å². The van der Waals surface area contributed by atoms with Crippen LogP contribution in [0.2, 0.25) is 0 Å². The molecule has 6 heteroatoms. The number of benzene rings is 3. The normalized spacial score (nSPS) is 10.6. The summed E-state index contributed by atoms with van der Waals surface area (Å²) in [6.07, 6.45) is 0. The average Bonchev–Trinajstić information content (AvgIpc) is 3.13. The number of halogens is 1. The van der Waals surface area contributed by atoms with E-state index in [9.17, 15) is 9.90 Å². The molecule has 0 aliphatic carbocycles. The standard InChI is InChI=1S/C25H21BrN2O3/c1-17-10-12-23(28(17)27-21-9-5-8-19(14-21)25(29)30)22-15-20(26)11-13-24(22)31-16-18-6-3-2-4-7-18/h2-15,27H,16H2,1H3,(H,29,30). The molecule has 1 aromatic heterocycles. The van der Waals surface area contributed by atoms with Crippen molar-refractivity contribution >= 4 is 27.6 Å². The van der Waals surface area contributed by atoms with Gasteiger partial charge in [0, 0.05) is 15.7 Å². The number of nitrogens with one attached hydrogen (secondary N) is 1. The smallest absolute Gasteiger partial charge is 0.335 e. The summed E-state index contributed by atoms with van der Waals surface area (Å²) >= 11 is 3.56. The van der Waals surface area contributed by atoms with Crippen LogP contribution in [0.3, 0.4) is 0 Å². The Morgan fingerprint density at radius 1 is 1.00 bits per heavy atom. The van der Waals surface area contributed by atoms with Crippen LogP contribution in [-0.2, 0) is 6.61 Å². The predicted octanol–water partition coefficient (Wildman–Crippen LogP) is 6.38. The van der Waals surface area contributed by atoms with E-state index in [0.29, 0.717) is 12.3 Å². The van der Waals surface area contributed by atoms with Crippen molar-refractivity contribution in [2.45, 2.75) is 13.5 Å². The van der Waals surface area contributed by atoms with E-state index < -0.39 is 5.97 Å². The van der Waals surface area contributed by atoms with Crippen LogP contribution in [0.15, 0.2) is 89.4 Å². The van der Waals surface area contributed by atoms with E-state index in [0.717, 1.165) is 32.7 Å². The molecule has 0 unspecified atom stereocenters. The molecule has 0 spiro atoms. The molecular formula is C25H21BrN2O3. The topological polar surface area (TPSA) is 63.5 Å². The molecule has 0 saturated heterocycles. The summed E-state index contributed by atoms with van der Waals surface area (Å²) in [7, 11) is 0. The summed E-state index contributed by atoms with van der Waals surface area (Å²) < 4.78 is 9.02. The summed E-state index contributed by atoms with van der Waals surface area (Å²) in [6, 6.07) is 26.7. The minimum atomic E-state index is -0.961. The minimum Gasteiger partial charge on any atom is -0.488 e. The lowest BCUT2D eigenvalue weighted by Crippen LogP contribution is -2.13. The molecule has 4 rings (SSSR count). The van der Waals surface area contributed by atoms with E-state index in [1.165, 1.54) is 0 Å². The highest BCUT2D eigenvalue weighted by molar-refractivity contribution is 9.10. The Morgan fingerprint density at radius 2 is 1.81 bits per heavy atom. The van der Waals surface area contributed by atoms with Crippen LogP contribution in [-0.4, -0.2) is 15.8 Å². The number of nitrogens with zero attached hydrogens (tertiary/aromatic N) is 1. The third-order valence-corrected chi connectivity index (χ3v) is 5.37. The van der Waals surface area contributed by atoms with Crippen LogP contribution in [0.25, 0.3) is 11.3 Å². The van der Waals surface area contributed by atoms with Gasteiger partial charge in [-0.2, -0.15) is 0 Å². The van der Waals surface area contributed by atoms with Crippen molar-refractivity contribution in [2.75, 3.05) is 5.43 Å². The lowest BCUT2D eigenvalue weighted by Gasteiger charge is -2.18. The zero-order chi connectivity index (χ0) is 21.8. The molecule has 0 fully saturated rings. The Hall–Kier alpha value is -3.51. The number of hydrogen-bond acceptors (Lipinski definition) is 3. The number of rotatable bonds is 7. The molecule has 0 atom stereocenters. The quantitative estimate of drug-likeness (QED) is 0.324. The first-order valence-electron chi connectivity index (χ1n) is 9.76. The second kappa shape index (κ2) is 9.10. The molecule has 0 aliphatic rings. The van der Waals surface area contributed by atoms with E-state index in [1.54, 1.807) is 18.2 Å². The molecule has 5 nitrogen and oxygen atoms in total. The fourth-order valence-corrected chi connectivity index (χ4v) is 3.67. The van der Waals surface area contributed by atoms with E-state index in [-0.39, 0.29) is 5.56 Å². The van der Waals surface area contributed by atoms with Gasteiger partial charge in [-0.05, 0) is 61.0 Å². The van der Waals surface area contributed by atoms with Crippen molar-refractivity contribution in [2.24, 2.45) is 0 Å². The summed E-state index contributed by atoms with van der Waals surface area (Å²) in [5, 5.41) is 9.29. The van der Waals surface area contributed by atoms with Crippen LogP contribution < -0.4 is 10.2 Å². The molecule has 31 heavy (non-hydrogen) atoms. The highest BCUT2D eigenvalue weighted by Gasteiger charge is 2.15. The first-order valence-corrected chi connectivity index (χ1v) is 10.6. The van der Waals surface area contributed by atoms with Crippen molar-refractivity contribution in [1.29, 1.82) is 0 Å². The zero-order valence-corrected chi connectivity index (χ0v) is 18.5. The van der Waals surface area contributed by atoms with Gasteiger partial charge in [-0.3, -0.25) is 10.1 Å². The first kappa shape index (κ1) is 20.8. The lowest BCUT2D eigenvalue weighted by atomic mass is 10.1. The molecule has 4 aromatic rings. The highest BCUT2D eigenvalue weighted by Crippen LogP contribution is 2.34. The second-order valence-electron chi connectivity index (χ2n) is 7.11. The highest BCUT2D eigenvalue weighted by atomic mass is 79.9. The van der Waals surface area contributed by atoms with Gasteiger partial charge in [-0.25, -0.2) is 4.79 Å². The van der Waals surface area contributed by atoms with Crippen molar-refractivity contribution in [3.8, 4) is 17.0 Å².